The summed E-state index contributed by atoms with van der Waals surface area (Å²) in [6.45, 7) is 2.54. The van der Waals surface area contributed by atoms with Gasteiger partial charge in [0.2, 0.25) is 5.95 Å². The van der Waals surface area contributed by atoms with E-state index in [-0.39, 0.29) is 5.91 Å². The Kier molecular flexibility index (Phi) is 5.41. The van der Waals surface area contributed by atoms with E-state index in [1.165, 1.54) is 24.8 Å². The maximum absolute atomic E-state index is 12.3. The van der Waals surface area contributed by atoms with Crippen LogP contribution in [0.4, 0.5) is 5.95 Å². The average Bonchev–Trinajstić information content (AvgIpc) is 2.61. The molecule has 1 aliphatic carbocycles. The molecule has 24 heavy (non-hydrogen) atoms. The number of benzene rings is 1. The number of nitrogens with zero attached hydrogens (tertiary/aromatic N) is 2. The number of nitrogens with one attached hydrogen (secondary N) is 2. The van der Waals surface area contributed by atoms with Crippen molar-refractivity contribution in [1.82, 2.24) is 15.3 Å². The van der Waals surface area contributed by atoms with Gasteiger partial charge >= 0.3 is 0 Å². The van der Waals surface area contributed by atoms with Gasteiger partial charge in [-0.15, -0.1) is 0 Å². The first kappa shape index (κ1) is 16.4. The molecule has 1 aliphatic rings. The highest BCUT2D eigenvalue weighted by atomic mass is 16.1. The van der Waals surface area contributed by atoms with Crippen LogP contribution in [-0.4, -0.2) is 21.9 Å². The van der Waals surface area contributed by atoms with Crippen molar-refractivity contribution in [3.05, 3.63) is 53.3 Å². The van der Waals surface area contributed by atoms with Gasteiger partial charge < -0.3 is 10.6 Å². The molecule has 3 rings (SSSR count). The lowest BCUT2D eigenvalue weighted by Gasteiger charge is -2.22. The van der Waals surface area contributed by atoms with Crippen LogP contribution in [0.1, 0.15) is 53.7 Å². The lowest BCUT2D eigenvalue weighted by atomic mass is 9.96. The molecule has 0 spiro atoms. The van der Waals surface area contributed by atoms with E-state index >= 15 is 0 Å². The summed E-state index contributed by atoms with van der Waals surface area (Å²) in [4.78, 5) is 20.9. The summed E-state index contributed by atoms with van der Waals surface area (Å²) in [7, 11) is 0. The molecule has 0 radical (unpaired) electrons. The van der Waals surface area contributed by atoms with E-state index in [1.807, 2.05) is 25.1 Å². The summed E-state index contributed by atoms with van der Waals surface area (Å²) in [5.74, 6) is 0.371. The van der Waals surface area contributed by atoms with Crippen molar-refractivity contribution in [2.24, 2.45) is 0 Å². The van der Waals surface area contributed by atoms with Crippen LogP contribution in [0.2, 0.25) is 0 Å². The number of amides is 1. The van der Waals surface area contributed by atoms with E-state index in [2.05, 4.69) is 26.7 Å². The molecule has 5 heteroatoms. The monoisotopic (exact) mass is 324 g/mol. The minimum Gasteiger partial charge on any atom is -0.351 e. The summed E-state index contributed by atoms with van der Waals surface area (Å²) in [5, 5.41) is 6.27. The van der Waals surface area contributed by atoms with E-state index in [4.69, 9.17) is 0 Å². The van der Waals surface area contributed by atoms with E-state index in [0.717, 1.165) is 18.4 Å². The smallest absolute Gasteiger partial charge is 0.270 e. The second-order valence-corrected chi connectivity index (χ2v) is 6.42. The predicted molar refractivity (Wildman–Crippen MR) is 94.9 cm³/mol. The number of aromatic nitrogens is 2. The molecule has 0 atom stereocenters. The Morgan fingerprint density at radius 3 is 2.83 bits per heavy atom. The second kappa shape index (κ2) is 7.90. The third kappa shape index (κ3) is 4.54. The second-order valence-electron chi connectivity index (χ2n) is 6.42. The van der Waals surface area contributed by atoms with Gasteiger partial charge in [-0.1, -0.05) is 49.1 Å². The summed E-state index contributed by atoms with van der Waals surface area (Å²) in [6.07, 6.45) is 7.73. The minimum absolute atomic E-state index is 0.175. The summed E-state index contributed by atoms with van der Waals surface area (Å²) in [5.41, 5.74) is 2.66. The highest BCUT2D eigenvalue weighted by Crippen LogP contribution is 2.20. The number of rotatable bonds is 5. The molecular weight excluding hydrogens is 300 g/mol. The Balaban J connectivity index is 1.59. The van der Waals surface area contributed by atoms with Gasteiger partial charge in [0, 0.05) is 18.8 Å². The van der Waals surface area contributed by atoms with E-state index in [1.54, 1.807) is 12.3 Å². The van der Waals surface area contributed by atoms with Gasteiger partial charge in [-0.25, -0.2) is 9.97 Å². The number of aryl methyl sites for hydroxylation is 1. The predicted octanol–water partition coefficient (Wildman–Crippen LogP) is 3.46. The van der Waals surface area contributed by atoms with Crippen molar-refractivity contribution in [3.8, 4) is 0 Å². The molecule has 0 bridgehead atoms. The summed E-state index contributed by atoms with van der Waals surface area (Å²) >= 11 is 0. The average molecular weight is 324 g/mol. The Hall–Kier alpha value is -2.43. The first-order valence-corrected chi connectivity index (χ1v) is 8.64. The first-order valence-electron chi connectivity index (χ1n) is 8.64. The molecule has 2 N–H and O–H groups in total. The maximum atomic E-state index is 12.3. The van der Waals surface area contributed by atoms with Crippen LogP contribution in [0.3, 0.4) is 0 Å². The maximum Gasteiger partial charge on any atom is 0.270 e. The SMILES string of the molecule is Cc1cccc(CNC(=O)c2ccnc(NC3CCCCC3)n2)c1. The lowest BCUT2D eigenvalue weighted by molar-refractivity contribution is 0.0946. The fraction of sp³-hybridized carbons (Fsp3) is 0.421. The van der Waals surface area contributed by atoms with Crippen LogP contribution >= 0.6 is 0 Å². The first-order chi connectivity index (χ1) is 11.7. The number of anilines is 1. The molecule has 0 aliphatic heterocycles. The van der Waals surface area contributed by atoms with Crippen LogP contribution in [0.15, 0.2) is 36.5 Å². The fourth-order valence-electron chi connectivity index (χ4n) is 3.08. The molecule has 0 unspecified atom stereocenters. The van der Waals surface area contributed by atoms with Gasteiger partial charge in [-0.3, -0.25) is 4.79 Å². The van der Waals surface area contributed by atoms with Crippen LogP contribution in [-0.2, 0) is 6.54 Å². The molecule has 2 aromatic rings. The molecule has 126 valence electrons. The van der Waals surface area contributed by atoms with Crippen LogP contribution in [0.5, 0.6) is 0 Å². The molecule has 1 fully saturated rings. The van der Waals surface area contributed by atoms with Crippen molar-refractivity contribution in [1.29, 1.82) is 0 Å². The minimum atomic E-state index is -0.175. The zero-order valence-electron chi connectivity index (χ0n) is 14.1. The lowest BCUT2D eigenvalue weighted by Crippen LogP contribution is -2.26. The van der Waals surface area contributed by atoms with Crippen molar-refractivity contribution in [3.63, 3.8) is 0 Å². The Labute approximate surface area is 142 Å². The van der Waals surface area contributed by atoms with Gasteiger partial charge in [0.1, 0.15) is 5.69 Å². The van der Waals surface area contributed by atoms with Crippen molar-refractivity contribution >= 4 is 11.9 Å². The van der Waals surface area contributed by atoms with Gasteiger partial charge in [0.05, 0.1) is 0 Å². The van der Waals surface area contributed by atoms with Crippen molar-refractivity contribution < 1.29 is 4.79 Å². The molecule has 1 saturated carbocycles. The normalized spacial score (nSPS) is 15.0. The summed E-state index contributed by atoms with van der Waals surface area (Å²) < 4.78 is 0. The van der Waals surface area contributed by atoms with Gasteiger partial charge in [-0.2, -0.15) is 0 Å². The molecule has 0 saturated heterocycles. The van der Waals surface area contributed by atoms with Crippen LogP contribution in [0.25, 0.3) is 0 Å². The van der Waals surface area contributed by atoms with E-state index in [0.29, 0.717) is 24.2 Å². The number of carbonyl (C=O) groups is 1. The van der Waals surface area contributed by atoms with Crippen LogP contribution < -0.4 is 10.6 Å². The number of hydrogen-bond donors (Lipinski definition) is 2. The van der Waals surface area contributed by atoms with Gasteiger partial charge in [-0.05, 0) is 31.4 Å². The van der Waals surface area contributed by atoms with E-state index in [9.17, 15) is 4.79 Å². The van der Waals surface area contributed by atoms with Gasteiger partial charge in [0.25, 0.3) is 5.91 Å². The van der Waals surface area contributed by atoms with E-state index < -0.39 is 0 Å². The summed E-state index contributed by atoms with van der Waals surface area (Å²) in [6, 6.07) is 10.2. The molecule has 1 heterocycles. The van der Waals surface area contributed by atoms with Crippen LogP contribution in [0, 0.1) is 6.92 Å². The Morgan fingerprint density at radius 1 is 1.21 bits per heavy atom. The molecule has 1 aromatic heterocycles. The molecule has 1 amide bonds. The molecule has 1 aromatic carbocycles. The highest BCUT2D eigenvalue weighted by molar-refractivity contribution is 5.92. The Bertz CT molecular complexity index is 695. The Morgan fingerprint density at radius 2 is 2.04 bits per heavy atom. The van der Waals surface area contributed by atoms with Crippen molar-refractivity contribution in [2.75, 3.05) is 5.32 Å². The zero-order valence-corrected chi connectivity index (χ0v) is 14.1. The van der Waals surface area contributed by atoms with Crippen molar-refractivity contribution in [2.45, 2.75) is 51.6 Å². The third-order valence-corrected chi connectivity index (χ3v) is 4.36. The topological polar surface area (TPSA) is 66.9 Å². The quantitative estimate of drug-likeness (QED) is 0.884. The zero-order chi connectivity index (χ0) is 16.8. The standard InChI is InChI=1S/C19H24N4O/c1-14-6-5-7-15(12-14)13-21-18(24)17-10-11-20-19(23-17)22-16-8-3-2-4-9-16/h5-7,10-12,16H,2-4,8-9,13H2,1H3,(H,21,24)(H,20,22,23). The molecular formula is C19H24N4O. The number of hydrogen-bond acceptors (Lipinski definition) is 4. The fourth-order valence-corrected chi connectivity index (χ4v) is 3.08. The molecule has 5 nitrogen and oxygen atoms in total. The third-order valence-electron chi connectivity index (χ3n) is 4.36. The van der Waals surface area contributed by atoms with Gasteiger partial charge in [0.15, 0.2) is 0 Å². The number of carbonyl (C=O) groups excluding carboxylic acids is 1. The highest BCUT2D eigenvalue weighted by Gasteiger charge is 2.15. The largest absolute Gasteiger partial charge is 0.351 e.